The molecule has 1 N–H and O–H groups in total. The molecular weight excluding hydrogens is 246 g/mol. The van der Waals surface area contributed by atoms with Crippen LogP contribution in [0.25, 0.3) is 0 Å². The van der Waals surface area contributed by atoms with E-state index < -0.39 is 0 Å². The van der Waals surface area contributed by atoms with Crippen molar-refractivity contribution in [3.05, 3.63) is 30.3 Å². The molecule has 1 aromatic rings. The van der Waals surface area contributed by atoms with E-state index in [-0.39, 0.29) is 5.41 Å². The van der Waals surface area contributed by atoms with Crippen molar-refractivity contribution in [2.24, 2.45) is 23.2 Å². The zero-order valence-corrected chi connectivity index (χ0v) is 12.0. The predicted octanol–water partition coefficient (Wildman–Crippen LogP) is 3.88. The van der Waals surface area contributed by atoms with Crippen molar-refractivity contribution in [3.8, 4) is 0 Å². The van der Waals surface area contributed by atoms with Gasteiger partial charge < -0.3 is 5.32 Å². The highest BCUT2D eigenvalue weighted by Gasteiger charge is 2.53. The van der Waals surface area contributed by atoms with E-state index in [4.69, 9.17) is 0 Å². The summed E-state index contributed by atoms with van der Waals surface area (Å²) in [5.41, 5.74) is 1.10. The lowest BCUT2D eigenvalue weighted by Crippen LogP contribution is -2.51. The number of nitrogens with one attached hydrogen (secondary N) is 1. The Morgan fingerprint density at radius 2 is 1.55 bits per heavy atom. The van der Waals surface area contributed by atoms with Crippen LogP contribution >= 0.6 is 0 Å². The molecule has 0 unspecified atom stereocenters. The van der Waals surface area contributed by atoms with E-state index >= 15 is 0 Å². The fourth-order valence-corrected chi connectivity index (χ4v) is 5.38. The Kier molecular flexibility index (Phi) is 2.87. The first-order valence-electron chi connectivity index (χ1n) is 8.06. The van der Waals surface area contributed by atoms with E-state index in [2.05, 4.69) is 5.32 Å². The lowest BCUT2D eigenvalue weighted by atomic mass is 9.48. The maximum atomic E-state index is 12.8. The van der Waals surface area contributed by atoms with Crippen LogP contribution in [-0.4, -0.2) is 12.3 Å². The monoisotopic (exact) mass is 269 g/mol. The first kappa shape index (κ1) is 12.4. The molecule has 0 aromatic heterocycles. The molecule has 5 rings (SSSR count). The third-order valence-corrected chi connectivity index (χ3v) is 5.86. The number of Topliss-reactive ketones (excluding diaryl/α,β-unsaturated/α-hetero) is 1. The summed E-state index contributed by atoms with van der Waals surface area (Å²) in [6.07, 6.45) is 7.73. The first-order chi connectivity index (χ1) is 9.73. The number of rotatable bonds is 4. The summed E-state index contributed by atoms with van der Waals surface area (Å²) >= 11 is 0. The Morgan fingerprint density at radius 3 is 2.10 bits per heavy atom. The summed E-state index contributed by atoms with van der Waals surface area (Å²) in [5.74, 6) is 3.02. The van der Waals surface area contributed by atoms with Gasteiger partial charge in [0, 0.05) is 11.1 Å². The Balaban J connectivity index is 1.46. The molecule has 2 heteroatoms. The number of ketones is 1. The summed E-state index contributed by atoms with van der Waals surface area (Å²) in [7, 11) is 0. The Bertz CT molecular complexity index is 472. The number of hydrogen-bond acceptors (Lipinski definition) is 2. The van der Waals surface area contributed by atoms with Crippen molar-refractivity contribution in [2.45, 2.75) is 38.5 Å². The second-order valence-electron chi connectivity index (χ2n) is 7.34. The summed E-state index contributed by atoms with van der Waals surface area (Å²) < 4.78 is 0. The molecule has 20 heavy (non-hydrogen) atoms. The molecule has 4 saturated carbocycles. The van der Waals surface area contributed by atoms with E-state index in [9.17, 15) is 4.79 Å². The minimum atomic E-state index is 0.0382. The van der Waals surface area contributed by atoms with Crippen molar-refractivity contribution in [1.29, 1.82) is 0 Å². The van der Waals surface area contributed by atoms with Crippen molar-refractivity contribution in [1.82, 2.24) is 0 Å². The zero-order chi connectivity index (χ0) is 13.6. The minimum absolute atomic E-state index is 0.0382. The van der Waals surface area contributed by atoms with Gasteiger partial charge in [0.05, 0.1) is 6.54 Å². The lowest BCUT2D eigenvalue weighted by Gasteiger charge is -2.56. The average molecular weight is 269 g/mol. The zero-order valence-electron chi connectivity index (χ0n) is 12.0. The van der Waals surface area contributed by atoms with Crippen LogP contribution in [0, 0.1) is 23.2 Å². The summed E-state index contributed by atoms with van der Waals surface area (Å²) in [5, 5.41) is 3.32. The Morgan fingerprint density at radius 1 is 1.00 bits per heavy atom. The van der Waals surface area contributed by atoms with E-state index in [1.54, 1.807) is 0 Å². The van der Waals surface area contributed by atoms with Crippen LogP contribution in [-0.2, 0) is 4.79 Å². The van der Waals surface area contributed by atoms with Gasteiger partial charge in [0.25, 0.3) is 0 Å². The normalized spacial score (nSPS) is 37.9. The van der Waals surface area contributed by atoms with Crippen LogP contribution in [0.2, 0.25) is 0 Å². The predicted molar refractivity (Wildman–Crippen MR) is 80.5 cm³/mol. The number of anilines is 1. The quantitative estimate of drug-likeness (QED) is 0.898. The van der Waals surface area contributed by atoms with Crippen LogP contribution in [0.1, 0.15) is 38.5 Å². The third kappa shape index (κ3) is 2.06. The first-order valence-corrected chi connectivity index (χ1v) is 8.06. The smallest absolute Gasteiger partial charge is 0.158 e. The maximum absolute atomic E-state index is 12.8. The molecule has 0 spiro atoms. The summed E-state index contributed by atoms with van der Waals surface area (Å²) in [6, 6.07) is 10.1. The molecule has 0 saturated heterocycles. The molecular formula is C18H23NO. The minimum Gasteiger partial charge on any atom is -0.378 e. The van der Waals surface area contributed by atoms with Crippen LogP contribution in [0.5, 0.6) is 0 Å². The molecule has 1 aromatic carbocycles. The van der Waals surface area contributed by atoms with Gasteiger partial charge in [-0.3, -0.25) is 4.79 Å². The van der Waals surface area contributed by atoms with Crippen LogP contribution in [0.4, 0.5) is 5.69 Å². The maximum Gasteiger partial charge on any atom is 0.158 e. The molecule has 106 valence electrons. The molecule has 0 radical (unpaired) electrons. The van der Waals surface area contributed by atoms with Gasteiger partial charge in [-0.05, 0) is 68.4 Å². The van der Waals surface area contributed by atoms with Gasteiger partial charge in [-0.25, -0.2) is 0 Å². The number of carbonyl (C=O) groups excluding carboxylic acids is 1. The van der Waals surface area contributed by atoms with Gasteiger partial charge >= 0.3 is 0 Å². The second-order valence-corrected chi connectivity index (χ2v) is 7.34. The fourth-order valence-electron chi connectivity index (χ4n) is 5.38. The highest BCUT2D eigenvalue weighted by atomic mass is 16.1. The van der Waals surface area contributed by atoms with Gasteiger partial charge in [0.2, 0.25) is 0 Å². The molecule has 0 heterocycles. The van der Waals surface area contributed by atoms with Gasteiger partial charge in [-0.2, -0.15) is 0 Å². The molecule has 0 atom stereocenters. The number of carbonyl (C=O) groups is 1. The van der Waals surface area contributed by atoms with E-state index in [1.165, 1.54) is 38.5 Å². The highest BCUT2D eigenvalue weighted by Crippen LogP contribution is 2.60. The molecule has 4 bridgehead atoms. The highest BCUT2D eigenvalue weighted by molar-refractivity contribution is 5.89. The summed E-state index contributed by atoms with van der Waals surface area (Å²) in [6.45, 7) is 0.510. The molecule has 4 aliphatic rings. The molecule has 0 aliphatic heterocycles. The third-order valence-electron chi connectivity index (χ3n) is 5.86. The Hall–Kier alpha value is -1.31. The largest absolute Gasteiger partial charge is 0.378 e. The lowest BCUT2D eigenvalue weighted by molar-refractivity contribution is -0.141. The second kappa shape index (κ2) is 4.61. The summed E-state index contributed by atoms with van der Waals surface area (Å²) in [4.78, 5) is 12.8. The molecule has 0 amide bonds. The number of hydrogen-bond donors (Lipinski definition) is 1. The van der Waals surface area contributed by atoms with Crippen molar-refractivity contribution in [3.63, 3.8) is 0 Å². The average Bonchev–Trinajstić information content (AvgIpc) is 2.44. The standard InChI is InChI=1S/C18H23NO/c20-17(12-19-16-4-2-1-3-5-16)18-9-13-6-14(10-18)8-15(7-13)11-18/h1-5,13-15,19H,6-12H2. The van der Waals surface area contributed by atoms with Gasteiger partial charge in [-0.15, -0.1) is 0 Å². The molecule has 4 aliphatic carbocycles. The number of para-hydroxylation sites is 1. The van der Waals surface area contributed by atoms with Gasteiger partial charge in [0.1, 0.15) is 0 Å². The molecule has 4 fully saturated rings. The fraction of sp³-hybridized carbons (Fsp3) is 0.611. The van der Waals surface area contributed by atoms with Gasteiger partial charge in [0.15, 0.2) is 5.78 Å². The van der Waals surface area contributed by atoms with E-state index in [0.717, 1.165) is 23.4 Å². The number of benzene rings is 1. The van der Waals surface area contributed by atoms with Crippen LogP contribution < -0.4 is 5.32 Å². The Labute approximate surface area is 121 Å². The van der Waals surface area contributed by atoms with Crippen molar-refractivity contribution < 1.29 is 4.79 Å². The van der Waals surface area contributed by atoms with Crippen molar-refractivity contribution in [2.75, 3.05) is 11.9 Å². The SMILES string of the molecule is O=C(CNc1ccccc1)C12CC3CC(CC(C3)C1)C2. The molecule has 2 nitrogen and oxygen atoms in total. The van der Waals surface area contributed by atoms with Gasteiger partial charge in [-0.1, -0.05) is 18.2 Å². The van der Waals surface area contributed by atoms with E-state index in [1.807, 2.05) is 30.3 Å². The van der Waals surface area contributed by atoms with Crippen LogP contribution in [0.15, 0.2) is 30.3 Å². The van der Waals surface area contributed by atoms with E-state index in [0.29, 0.717) is 12.3 Å². The topological polar surface area (TPSA) is 29.1 Å². The van der Waals surface area contributed by atoms with Crippen molar-refractivity contribution >= 4 is 11.5 Å². The van der Waals surface area contributed by atoms with Crippen LogP contribution in [0.3, 0.4) is 0 Å².